The molecule has 0 saturated carbocycles. The van der Waals surface area contributed by atoms with Crippen LogP contribution < -0.4 is 5.73 Å². The summed E-state index contributed by atoms with van der Waals surface area (Å²) in [6.45, 7) is 0. The summed E-state index contributed by atoms with van der Waals surface area (Å²) in [5, 5.41) is 0.269. The molecule has 0 spiro atoms. The van der Waals surface area contributed by atoms with Crippen molar-refractivity contribution in [3.8, 4) is 11.3 Å². The van der Waals surface area contributed by atoms with Crippen LogP contribution in [0.25, 0.3) is 11.3 Å². The minimum absolute atomic E-state index is 0.220. The van der Waals surface area contributed by atoms with Gasteiger partial charge >= 0.3 is 0 Å². The Labute approximate surface area is 91.3 Å². The summed E-state index contributed by atoms with van der Waals surface area (Å²) in [6, 6.07) is 2.94. The lowest BCUT2D eigenvalue weighted by atomic mass is 10.2. The van der Waals surface area contributed by atoms with Gasteiger partial charge in [-0.25, -0.2) is 4.39 Å². The lowest BCUT2D eigenvalue weighted by Crippen LogP contribution is -1.97. The zero-order chi connectivity index (χ0) is 11.0. The molecular weight excluding hydrogens is 217 g/mol. The molecule has 2 aromatic heterocycles. The van der Waals surface area contributed by atoms with Crippen LogP contribution in [0.4, 0.5) is 10.2 Å². The predicted molar refractivity (Wildman–Crippen MR) is 58.0 cm³/mol. The molecule has 2 N–H and O–H groups in total. The van der Waals surface area contributed by atoms with Crippen LogP contribution in [0.15, 0.2) is 24.5 Å². The summed E-state index contributed by atoms with van der Waals surface area (Å²) in [6.07, 6.45) is 3.15. The third kappa shape index (κ3) is 1.68. The number of nitrogen functional groups attached to an aromatic ring is 1. The highest BCUT2D eigenvalue weighted by molar-refractivity contribution is 6.30. The molecule has 78 valence electrons. The number of hydrogen-bond acceptors (Lipinski definition) is 2. The Hall–Kier alpha value is -1.55. The van der Waals surface area contributed by atoms with Crippen LogP contribution in [-0.4, -0.2) is 9.55 Å². The van der Waals surface area contributed by atoms with Crippen molar-refractivity contribution in [2.75, 3.05) is 5.73 Å². The maximum atomic E-state index is 13.5. The molecule has 15 heavy (non-hydrogen) atoms. The topological polar surface area (TPSA) is 43.8 Å². The molecule has 0 bridgehead atoms. The van der Waals surface area contributed by atoms with E-state index in [1.165, 1.54) is 12.3 Å². The fourth-order valence-electron chi connectivity index (χ4n) is 1.36. The van der Waals surface area contributed by atoms with E-state index in [4.69, 9.17) is 17.3 Å². The van der Waals surface area contributed by atoms with Crippen molar-refractivity contribution >= 4 is 17.4 Å². The fraction of sp³-hybridized carbons (Fsp3) is 0.100. The molecule has 2 rings (SSSR count). The van der Waals surface area contributed by atoms with Gasteiger partial charge in [0.15, 0.2) is 5.82 Å². The molecular formula is C10H9ClFN3. The number of hydrogen-bond donors (Lipinski definition) is 1. The van der Waals surface area contributed by atoms with Gasteiger partial charge in [0, 0.05) is 25.0 Å². The minimum atomic E-state index is -0.472. The number of nitrogens with two attached hydrogens (primary N) is 1. The van der Waals surface area contributed by atoms with Crippen molar-refractivity contribution in [3.63, 3.8) is 0 Å². The highest BCUT2D eigenvalue weighted by atomic mass is 35.5. The van der Waals surface area contributed by atoms with E-state index in [0.29, 0.717) is 11.4 Å². The molecule has 0 aliphatic heterocycles. The van der Waals surface area contributed by atoms with Crippen LogP contribution in [0.3, 0.4) is 0 Å². The third-order valence-corrected chi connectivity index (χ3v) is 2.39. The third-order valence-electron chi connectivity index (χ3n) is 2.18. The van der Waals surface area contributed by atoms with E-state index < -0.39 is 5.82 Å². The van der Waals surface area contributed by atoms with E-state index in [1.807, 2.05) is 0 Å². The first-order valence-electron chi connectivity index (χ1n) is 4.32. The van der Waals surface area contributed by atoms with Gasteiger partial charge in [0.05, 0.1) is 5.02 Å². The van der Waals surface area contributed by atoms with E-state index >= 15 is 0 Å². The maximum Gasteiger partial charge on any atom is 0.151 e. The van der Waals surface area contributed by atoms with Crippen molar-refractivity contribution in [2.45, 2.75) is 0 Å². The van der Waals surface area contributed by atoms with Crippen LogP contribution in [0.5, 0.6) is 0 Å². The molecule has 0 amide bonds. The molecule has 0 aromatic carbocycles. The monoisotopic (exact) mass is 225 g/mol. The van der Waals surface area contributed by atoms with Crippen molar-refractivity contribution < 1.29 is 4.39 Å². The Morgan fingerprint density at radius 3 is 2.80 bits per heavy atom. The largest absolute Gasteiger partial charge is 0.385 e. The minimum Gasteiger partial charge on any atom is -0.385 e. The Kier molecular flexibility index (Phi) is 2.36. The summed E-state index contributed by atoms with van der Waals surface area (Å²) in [7, 11) is 1.78. The van der Waals surface area contributed by atoms with E-state index in [-0.39, 0.29) is 10.7 Å². The lowest BCUT2D eigenvalue weighted by molar-refractivity contribution is 0.626. The summed E-state index contributed by atoms with van der Waals surface area (Å²) in [5.41, 5.74) is 6.56. The number of aromatic nitrogens is 2. The van der Waals surface area contributed by atoms with E-state index in [1.54, 1.807) is 23.9 Å². The van der Waals surface area contributed by atoms with Gasteiger partial charge in [0.1, 0.15) is 11.5 Å². The Balaban J connectivity index is 2.59. The van der Waals surface area contributed by atoms with Crippen molar-refractivity contribution in [1.29, 1.82) is 0 Å². The van der Waals surface area contributed by atoms with Crippen LogP contribution in [0, 0.1) is 5.82 Å². The van der Waals surface area contributed by atoms with Crippen molar-refractivity contribution in [1.82, 2.24) is 9.55 Å². The number of nitrogens with zero attached hydrogens (tertiary/aromatic N) is 2. The van der Waals surface area contributed by atoms with Crippen LogP contribution in [0.1, 0.15) is 0 Å². The van der Waals surface area contributed by atoms with Crippen LogP contribution in [0.2, 0.25) is 5.02 Å². The SMILES string of the molecule is Cn1ccc(-c2ncc(Cl)cc2F)c1N. The van der Waals surface area contributed by atoms with Crippen LogP contribution >= 0.6 is 11.6 Å². The second-order valence-electron chi connectivity index (χ2n) is 3.21. The molecule has 2 aromatic rings. The van der Waals surface area contributed by atoms with Gasteiger partial charge in [-0.1, -0.05) is 11.6 Å². The average Bonchev–Trinajstić information content (AvgIpc) is 2.49. The van der Waals surface area contributed by atoms with Crippen molar-refractivity contribution in [3.05, 3.63) is 35.4 Å². The summed E-state index contributed by atoms with van der Waals surface area (Å²) in [5.74, 6) is 0.00382. The van der Waals surface area contributed by atoms with Gasteiger partial charge in [0.25, 0.3) is 0 Å². The molecule has 5 heteroatoms. The summed E-state index contributed by atoms with van der Waals surface area (Å²) in [4.78, 5) is 3.92. The Morgan fingerprint density at radius 1 is 1.53 bits per heavy atom. The van der Waals surface area contributed by atoms with E-state index in [9.17, 15) is 4.39 Å². The first kappa shape index (κ1) is 9.98. The quantitative estimate of drug-likeness (QED) is 0.810. The van der Waals surface area contributed by atoms with Crippen LogP contribution in [-0.2, 0) is 7.05 Å². The first-order chi connectivity index (χ1) is 7.09. The van der Waals surface area contributed by atoms with Gasteiger partial charge in [0.2, 0.25) is 0 Å². The maximum absolute atomic E-state index is 13.5. The number of aryl methyl sites for hydroxylation is 1. The number of halogens is 2. The average molecular weight is 226 g/mol. The molecule has 2 heterocycles. The van der Waals surface area contributed by atoms with Gasteiger partial charge in [-0.3, -0.25) is 4.98 Å². The molecule has 3 nitrogen and oxygen atoms in total. The molecule has 0 fully saturated rings. The highest BCUT2D eigenvalue weighted by Gasteiger charge is 2.12. The number of pyridine rings is 1. The smallest absolute Gasteiger partial charge is 0.151 e. The van der Waals surface area contributed by atoms with Gasteiger partial charge in [-0.05, 0) is 12.1 Å². The normalized spacial score (nSPS) is 10.6. The second kappa shape index (κ2) is 3.55. The summed E-state index contributed by atoms with van der Waals surface area (Å²) < 4.78 is 15.2. The molecule has 0 aliphatic carbocycles. The Bertz CT molecular complexity index is 507. The highest BCUT2D eigenvalue weighted by Crippen LogP contribution is 2.27. The summed E-state index contributed by atoms with van der Waals surface area (Å²) >= 11 is 5.61. The second-order valence-corrected chi connectivity index (χ2v) is 3.65. The zero-order valence-electron chi connectivity index (χ0n) is 8.04. The fourth-order valence-corrected chi connectivity index (χ4v) is 1.50. The zero-order valence-corrected chi connectivity index (χ0v) is 8.79. The van der Waals surface area contributed by atoms with Crippen molar-refractivity contribution in [2.24, 2.45) is 7.05 Å². The predicted octanol–water partition coefficient (Wildman–Crippen LogP) is 2.46. The molecule has 0 unspecified atom stereocenters. The molecule has 0 atom stereocenters. The van der Waals surface area contributed by atoms with E-state index in [2.05, 4.69) is 4.98 Å². The molecule has 0 saturated heterocycles. The van der Waals surface area contributed by atoms with E-state index in [0.717, 1.165) is 0 Å². The molecule has 0 aliphatic rings. The standard InChI is InChI=1S/C10H9ClFN3/c1-15-3-2-7(10(15)13)9-8(12)4-6(11)5-14-9/h2-5H,13H2,1H3. The number of anilines is 1. The lowest BCUT2D eigenvalue weighted by Gasteiger charge is -2.03. The number of rotatable bonds is 1. The molecule has 0 radical (unpaired) electrons. The van der Waals surface area contributed by atoms with Gasteiger partial charge in [-0.15, -0.1) is 0 Å². The van der Waals surface area contributed by atoms with Gasteiger partial charge in [-0.2, -0.15) is 0 Å². The Morgan fingerprint density at radius 2 is 2.27 bits per heavy atom. The van der Waals surface area contributed by atoms with Gasteiger partial charge < -0.3 is 10.3 Å². The first-order valence-corrected chi connectivity index (χ1v) is 4.69.